The monoisotopic (exact) mass is 1080 g/mol. The number of hydrogen-bond acceptors (Lipinski definition) is 13. The summed E-state index contributed by atoms with van der Waals surface area (Å²) in [5.74, 6) is -0.245. The van der Waals surface area contributed by atoms with Gasteiger partial charge in [0.25, 0.3) is 0 Å². The van der Waals surface area contributed by atoms with Gasteiger partial charge in [0.1, 0.15) is 48.8 Å². The molecule has 0 saturated carbocycles. The van der Waals surface area contributed by atoms with Gasteiger partial charge >= 0.3 is 0 Å². The first-order valence-corrected chi connectivity index (χ1v) is 31.6. The molecule has 76 heavy (non-hydrogen) atoms. The van der Waals surface area contributed by atoms with Gasteiger partial charge in [-0.15, -0.1) is 0 Å². The Morgan fingerprint density at radius 3 is 1.29 bits per heavy atom. The summed E-state index contributed by atoms with van der Waals surface area (Å²) < 4.78 is 22.7. The molecule has 448 valence electrons. The number of aliphatic hydroxyl groups is 8. The van der Waals surface area contributed by atoms with Crippen LogP contribution in [0.2, 0.25) is 0 Å². The average Bonchev–Trinajstić information content (AvgIpc) is 3.42. The van der Waals surface area contributed by atoms with Crippen LogP contribution in [0.25, 0.3) is 0 Å². The predicted molar refractivity (Wildman–Crippen MR) is 305 cm³/mol. The van der Waals surface area contributed by atoms with E-state index in [9.17, 15) is 45.6 Å². The number of amides is 1. The number of aliphatic hydroxyl groups excluding tert-OH is 8. The van der Waals surface area contributed by atoms with Crippen LogP contribution in [0, 0.1) is 0 Å². The van der Waals surface area contributed by atoms with Crippen LogP contribution in [-0.2, 0) is 23.7 Å². The lowest BCUT2D eigenvalue weighted by atomic mass is 9.97. The summed E-state index contributed by atoms with van der Waals surface area (Å²) >= 11 is 0. The predicted octanol–water partition coefficient (Wildman–Crippen LogP) is 11.2. The third kappa shape index (κ3) is 33.3. The van der Waals surface area contributed by atoms with Crippen molar-refractivity contribution >= 4 is 5.91 Å². The van der Waals surface area contributed by atoms with Crippen molar-refractivity contribution in [2.45, 2.75) is 344 Å². The van der Waals surface area contributed by atoms with Crippen molar-refractivity contribution in [2.75, 3.05) is 19.8 Å². The summed E-state index contributed by atoms with van der Waals surface area (Å²) in [6.07, 6.45) is 41.1. The fourth-order valence-electron chi connectivity index (χ4n) is 10.5. The Bertz CT molecular complexity index is 1370. The molecule has 2 fully saturated rings. The van der Waals surface area contributed by atoms with Crippen LogP contribution in [0.1, 0.15) is 271 Å². The van der Waals surface area contributed by atoms with Gasteiger partial charge in [0.15, 0.2) is 12.6 Å². The second-order valence-corrected chi connectivity index (χ2v) is 22.5. The molecule has 2 aliphatic rings. The molecular formula is C62H117NO13. The minimum absolute atomic E-state index is 0.245. The number of carbonyl (C=O) groups is 1. The molecule has 0 aromatic heterocycles. The highest BCUT2D eigenvalue weighted by Crippen LogP contribution is 2.30. The molecule has 12 atom stereocenters. The zero-order valence-corrected chi connectivity index (χ0v) is 48.3. The van der Waals surface area contributed by atoms with Gasteiger partial charge in [-0.2, -0.15) is 0 Å². The lowest BCUT2D eigenvalue weighted by molar-refractivity contribution is -0.359. The van der Waals surface area contributed by atoms with Gasteiger partial charge in [-0.3, -0.25) is 4.79 Å². The highest BCUT2D eigenvalue weighted by Gasteiger charge is 2.51. The maximum atomic E-state index is 13.2. The summed E-state index contributed by atoms with van der Waals surface area (Å²) in [4.78, 5) is 13.2. The van der Waals surface area contributed by atoms with E-state index in [-0.39, 0.29) is 18.9 Å². The quantitative estimate of drug-likeness (QED) is 0.0204. The smallest absolute Gasteiger partial charge is 0.220 e. The Labute approximate surface area is 462 Å². The molecule has 12 unspecified atom stereocenters. The van der Waals surface area contributed by atoms with Crippen molar-refractivity contribution in [3.8, 4) is 0 Å². The first-order valence-electron chi connectivity index (χ1n) is 31.6. The number of nitrogens with one attached hydrogen (secondary N) is 1. The molecule has 14 heteroatoms. The van der Waals surface area contributed by atoms with Crippen LogP contribution < -0.4 is 5.32 Å². The Kier molecular flexibility index (Phi) is 44.8. The van der Waals surface area contributed by atoms with Crippen LogP contribution in [0.5, 0.6) is 0 Å². The van der Waals surface area contributed by atoms with Crippen molar-refractivity contribution in [3.05, 3.63) is 24.3 Å². The number of ether oxygens (including phenoxy) is 4. The molecule has 0 bridgehead atoms. The molecule has 0 aliphatic carbocycles. The molecule has 2 rings (SSSR count). The van der Waals surface area contributed by atoms with Gasteiger partial charge in [0, 0.05) is 6.42 Å². The van der Waals surface area contributed by atoms with Crippen molar-refractivity contribution in [3.63, 3.8) is 0 Å². The minimum atomic E-state index is -1.79. The van der Waals surface area contributed by atoms with E-state index < -0.39 is 86.8 Å². The maximum Gasteiger partial charge on any atom is 0.220 e. The van der Waals surface area contributed by atoms with Crippen molar-refractivity contribution < 1.29 is 64.6 Å². The molecule has 2 heterocycles. The van der Waals surface area contributed by atoms with Crippen LogP contribution in [-0.4, -0.2) is 140 Å². The fraction of sp³-hybridized carbons (Fsp3) is 0.919. The third-order valence-corrected chi connectivity index (χ3v) is 15.6. The summed E-state index contributed by atoms with van der Waals surface area (Å²) in [5, 5.41) is 87.0. The molecule has 2 saturated heterocycles. The van der Waals surface area contributed by atoms with E-state index in [1.54, 1.807) is 6.08 Å². The molecule has 1 amide bonds. The third-order valence-electron chi connectivity index (χ3n) is 15.6. The first kappa shape index (κ1) is 70.6. The Balaban J connectivity index is 1.64. The van der Waals surface area contributed by atoms with Crippen molar-refractivity contribution in [2.24, 2.45) is 0 Å². The summed E-state index contributed by atoms with van der Waals surface area (Å²) in [5.41, 5.74) is 0. The van der Waals surface area contributed by atoms with E-state index in [4.69, 9.17) is 18.9 Å². The van der Waals surface area contributed by atoms with Crippen molar-refractivity contribution in [1.29, 1.82) is 0 Å². The van der Waals surface area contributed by atoms with E-state index in [1.807, 2.05) is 6.08 Å². The average molecular weight is 1080 g/mol. The van der Waals surface area contributed by atoms with Crippen LogP contribution in [0.15, 0.2) is 24.3 Å². The van der Waals surface area contributed by atoms with E-state index in [1.165, 1.54) is 205 Å². The van der Waals surface area contributed by atoms with Crippen LogP contribution in [0.4, 0.5) is 0 Å². The lowest BCUT2D eigenvalue weighted by Crippen LogP contribution is -2.65. The van der Waals surface area contributed by atoms with Crippen LogP contribution >= 0.6 is 0 Å². The molecular weight excluding hydrogens is 967 g/mol. The Morgan fingerprint density at radius 1 is 0.461 bits per heavy atom. The van der Waals surface area contributed by atoms with E-state index in [0.717, 1.165) is 32.1 Å². The first-order chi connectivity index (χ1) is 37.1. The molecule has 0 aromatic rings. The van der Waals surface area contributed by atoms with E-state index >= 15 is 0 Å². The van der Waals surface area contributed by atoms with Gasteiger partial charge in [-0.05, 0) is 32.1 Å². The zero-order chi connectivity index (χ0) is 55.3. The summed E-state index contributed by atoms with van der Waals surface area (Å²) in [6.45, 7) is 2.78. The maximum absolute atomic E-state index is 13.2. The minimum Gasteiger partial charge on any atom is -0.394 e. The largest absolute Gasteiger partial charge is 0.394 e. The number of allylic oxidation sites excluding steroid dienone is 3. The Hall–Kier alpha value is -1.53. The van der Waals surface area contributed by atoms with Gasteiger partial charge in [-0.1, -0.05) is 256 Å². The van der Waals surface area contributed by atoms with E-state index in [2.05, 4.69) is 31.3 Å². The summed E-state index contributed by atoms with van der Waals surface area (Å²) in [7, 11) is 0. The molecule has 0 spiro atoms. The second-order valence-electron chi connectivity index (χ2n) is 22.5. The van der Waals surface area contributed by atoms with E-state index in [0.29, 0.717) is 12.8 Å². The highest BCUT2D eigenvalue weighted by atomic mass is 16.7. The van der Waals surface area contributed by atoms with Gasteiger partial charge in [0.05, 0.1) is 32.0 Å². The molecule has 0 aromatic carbocycles. The highest BCUT2D eigenvalue weighted by molar-refractivity contribution is 5.76. The number of rotatable bonds is 51. The van der Waals surface area contributed by atoms with Crippen LogP contribution in [0.3, 0.4) is 0 Å². The zero-order valence-electron chi connectivity index (χ0n) is 48.3. The topological polar surface area (TPSA) is 228 Å². The molecule has 0 radical (unpaired) electrons. The fourth-order valence-corrected chi connectivity index (χ4v) is 10.5. The standard InChI is InChI=1S/C62H117NO13/c1-3-5-7-9-11-13-15-17-18-19-20-21-22-23-24-25-26-27-28-29-30-31-32-33-34-36-38-40-42-44-46-54(67)63-50(51(66)45-43-41-39-37-35-16-14-12-10-8-6-4-2)49-73-61-59(72)57(70)60(53(48-65)75-61)76-62-58(71)56(69)55(68)52(47-64)74-62/h35,37,43,45,50-53,55-62,64-66,68-72H,3-34,36,38-42,44,46-49H2,1-2H3,(H,63,67)/b37-35+,45-43+. The molecule has 2 aliphatic heterocycles. The summed E-state index contributed by atoms with van der Waals surface area (Å²) in [6, 6.07) is -0.927. The number of hydrogen-bond donors (Lipinski definition) is 9. The molecule has 9 N–H and O–H groups in total. The SMILES string of the molecule is CCCCCCCC/C=C/CC/C=C/C(O)C(COC1OC(CO)C(OC2OC(CO)C(O)C(O)C2O)C(O)C1O)NC(=O)CCCCCCCCCCCCCCCCCCCCCCCCCCCCCCCC. The van der Waals surface area contributed by atoms with Crippen molar-refractivity contribution in [1.82, 2.24) is 5.32 Å². The number of carbonyl (C=O) groups excluding carboxylic acids is 1. The van der Waals surface area contributed by atoms with Gasteiger partial charge in [-0.25, -0.2) is 0 Å². The second kappa shape index (κ2) is 48.2. The van der Waals surface area contributed by atoms with Gasteiger partial charge in [0.2, 0.25) is 5.91 Å². The molecule has 14 nitrogen and oxygen atoms in total. The normalized spacial score (nSPS) is 25.0. The number of unbranched alkanes of at least 4 members (excludes halogenated alkanes) is 36. The van der Waals surface area contributed by atoms with Gasteiger partial charge < -0.3 is 65.1 Å². The Morgan fingerprint density at radius 2 is 0.842 bits per heavy atom. The lowest BCUT2D eigenvalue weighted by Gasteiger charge is -2.46.